The fourth-order valence-electron chi connectivity index (χ4n) is 8.06. The number of ether oxygens (including phenoxy) is 1. The van der Waals surface area contributed by atoms with Crippen LogP contribution in [-0.2, 0) is 31.8 Å². The molecule has 3 aliphatic rings. The predicted octanol–water partition coefficient (Wildman–Crippen LogP) is 5.47. The van der Waals surface area contributed by atoms with Crippen LogP contribution >= 0.6 is 12.2 Å². The Morgan fingerprint density at radius 2 is 1.78 bits per heavy atom. The molecule has 60 heavy (non-hydrogen) atoms. The highest BCUT2D eigenvalue weighted by atomic mass is 32.1. The lowest BCUT2D eigenvalue weighted by Gasteiger charge is -2.44. The molecular weight excluding hydrogens is 800 g/mol. The molecule has 318 valence electrons. The van der Waals surface area contributed by atoms with Gasteiger partial charge in [0.05, 0.1) is 24.0 Å². The molecule has 4 atom stereocenters. The van der Waals surface area contributed by atoms with E-state index in [2.05, 4.69) is 44.6 Å². The maximum absolute atomic E-state index is 13.8. The first-order valence-electron chi connectivity index (χ1n) is 19.7. The number of rotatable bonds is 12. The summed E-state index contributed by atoms with van der Waals surface area (Å²) in [6.07, 6.45) is -2.81. The molecule has 0 saturated carbocycles. The molecule has 0 bridgehead atoms. The Balaban J connectivity index is 1.05. The maximum atomic E-state index is 13.8. The second kappa shape index (κ2) is 17.5. The second-order valence-corrected chi connectivity index (χ2v) is 16.3. The molecule has 3 fully saturated rings. The molecule has 4 amide bonds. The predicted molar refractivity (Wildman–Crippen MR) is 223 cm³/mol. The molecule has 6 rings (SSSR count). The fourth-order valence-corrected chi connectivity index (χ4v) is 8.59. The van der Waals surface area contributed by atoms with Crippen LogP contribution in [0.1, 0.15) is 71.2 Å². The molecule has 3 aliphatic heterocycles. The van der Waals surface area contributed by atoms with Gasteiger partial charge in [-0.05, 0) is 108 Å². The molecule has 0 spiro atoms. The number of imide groups is 1. The summed E-state index contributed by atoms with van der Waals surface area (Å²) < 4.78 is 47.8. The Morgan fingerprint density at radius 3 is 2.43 bits per heavy atom. The van der Waals surface area contributed by atoms with Gasteiger partial charge in [0, 0.05) is 55.2 Å². The third kappa shape index (κ3) is 9.38. The normalized spacial score (nSPS) is 21.7. The highest BCUT2D eigenvalue weighted by Crippen LogP contribution is 2.40. The molecule has 3 saturated heterocycles. The lowest BCUT2D eigenvalue weighted by molar-refractivity contribution is -0.138. The molecule has 3 N–H and O–H groups in total. The van der Waals surface area contributed by atoms with E-state index in [1.807, 2.05) is 26.0 Å². The average molecular weight is 848 g/mol. The van der Waals surface area contributed by atoms with Gasteiger partial charge in [-0.25, -0.2) is 4.98 Å². The smallest absolute Gasteiger partial charge is 0.419 e. The third-order valence-electron chi connectivity index (χ3n) is 11.0. The summed E-state index contributed by atoms with van der Waals surface area (Å²) in [5.74, 6) is -0.716. The molecule has 2 aromatic carbocycles. The van der Waals surface area contributed by atoms with Crippen LogP contribution in [0.3, 0.4) is 0 Å². The fraction of sp³-hybridized carbons (Fsp3) is 0.452. The first-order valence-corrected chi connectivity index (χ1v) is 20.1. The van der Waals surface area contributed by atoms with Crippen LogP contribution in [0.4, 0.5) is 35.9 Å². The number of anilines is 4. The topological polar surface area (TPSA) is 163 Å². The van der Waals surface area contributed by atoms with Gasteiger partial charge < -0.3 is 20.3 Å². The zero-order valence-corrected chi connectivity index (χ0v) is 35.0. The Bertz CT molecular complexity index is 2220. The Hall–Kier alpha value is -5.64. The number of thiocarbonyl (C=S) groups is 1. The van der Waals surface area contributed by atoms with E-state index < -0.39 is 34.9 Å². The Morgan fingerprint density at radius 1 is 1.08 bits per heavy atom. The zero-order valence-electron chi connectivity index (χ0n) is 34.2. The van der Waals surface area contributed by atoms with Crippen molar-refractivity contribution in [2.24, 2.45) is 0 Å². The SMILES string of the molecule is CCc1cc(N2C(=S)N(c3cnc(C#N)c(C(F)(F)F)c3)C(=O)C2(C)C)ccc1O[C@@H](C)CN1C[C@@H](C)N(CC(=O)Nc2cccc(NC3CCC(=O)NC3=O)c2)[C@@H](C)C1. The number of nitriles is 1. The highest BCUT2D eigenvalue weighted by Gasteiger charge is 2.51. The third-order valence-corrected chi connectivity index (χ3v) is 11.3. The van der Waals surface area contributed by atoms with Gasteiger partial charge in [0.1, 0.15) is 29.5 Å². The molecule has 18 heteroatoms. The van der Waals surface area contributed by atoms with Crippen molar-refractivity contribution in [3.05, 3.63) is 71.5 Å². The molecular formula is C42H48F3N9O5S. The van der Waals surface area contributed by atoms with Gasteiger partial charge in [-0.3, -0.25) is 39.2 Å². The number of piperidine rings is 1. The summed E-state index contributed by atoms with van der Waals surface area (Å²) in [7, 11) is 0. The number of hydrogen-bond donors (Lipinski definition) is 3. The Labute approximate surface area is 352 Å². The van der Waals surface area contributed by atoms with Crippen molar-refractivity contribution in [2.75, 3.05) is 46.6 Å². The van der Waals surface area contributed by atoms with Crippen LogP contribution in [0.25, 0.3) is 0 Å². The number of amides is 4. The van der Waals surface area contributed by atoms with Crippen molar-refractivity contribution in [1.29, 1.82) is 5.26 Å². The van der Waals surface area contributed by atoms with Crippen LogP contribution in [-0.4, -0.2) is 99.5 Å². The van der Waals surface area contributed by atoms with E-state index >= 15 is 0 Å². The van der Waals surface area contributed by atoms with Gasteiger partial charge in [0.2, 0.25) is 17.7 Å². The van der Waals surface area contributed by atoms with Crippen LogP contribution in [0.2, 0.25) is 0 Å². The number of aromatic nitrogens is 1. The number of hydrogen-bond acceptors (Lipinski definition) is 11. The molecule has 1 unspecified atom stereocenters. The first kappa shape index (κ1) is 43.9. The van der Waals surface area contributed by atoms with Gasteiger partial charge >= 0.3 is 6.18 Å². The minimum absolute atomic E-state index is 0.0258. The van der Waals surface area contributed by atoms with E-state index in [4.69, 9.17) is 17.0 Å². The summed E-state index contributed by atoms with van der Waals surface area (Å²) in [4.78, 5) is 61.4. The largest absolute Gasteiger partial charge is 0.489 e. The monoisotopic (exact) mass is 847 g/mol. The molecule has 0 radical (unpaired) electrons. The number of benzene rings is 2. The number of aryl methyl sites for hydroxylation is 1. The number of pyridine rings is 1. The number of carbonyl (C=O) groups excluding carboxylic acids is 4. The zero-order chi connectivity index (χ0) is 43.7. The number of halogens is 3. The van der Waals surface area contributed by atoms with Gasteiger partial charge in [-0.1, -0.05) is 13.0 Å². The van der Waals surface area contributed by atoms with Crippen LogP contribution in [0, 0.1) is 11.3 Å². The number of alkyl halides is 3. The standard InChI is InChI=1S/C42H48F3N9O5S/c1-7-27-15-30(54-40(60)53(39(58)41(54,5)6)31-17-32(42(43,44)45)34(18-46)47-19-31)11-13-35(27)59-26(4)22-51-20-24(2)52(25(3)21-51)23-37(56)49-29-10-8-9-28(16-29)48-33-12-14-36(55)50-38(33)57/h8-11,13,15-17,19,24-26,33,48H,7,12,14,20-23H2,1-6H3,(H,49,56)(H,50,55,57)/t24-,25+,26-,33?/m0/s1. The quantitative estimate of drug-likeness (QED) is 0.156. The van der Waals surface area contributed by atoms with E-state index in [9.17, 15) is 37.6 Å². The van der Waals surface area contributed by atoms with Crippen molar-refractivity contribution in [3.63, 3.8) is 0 Å². The van der Waals surface area contributed by atoms with Crippen molar-refractivity contribution in [1.82, 2.24) is 20.1 Å². The second-order valence-electron chi connectivity index (χ2n) is 16.0. The molecule has 1 aromatic heterocycles. The summed E-state index contributed by atoms with van der Waals surface area (Å²) in [6.45, 7) is 13.6. The lowest BCUT2D eigenvalue weighted by atomic mass is 10.0. The van der Waals surface area contributed by atoms with Gasteiger partial charge in [-0.2, -0.15) is 18.4 Å². The molecule has 3 aromatic rings. The number of nitrogens with one attached hydrogen (secondary N) is 3. The van der Waals surface area contributed by atoms with Crippen LogP contribution < -0.4 is 30.5 Å². The number of carbonyl (C=O) groups is 4. The minimum atomic E-state index is -4.86. The van der Waals surface area contributed by atoms with Crippen LogP contribution in [0.15, 0.2) is 54.7 Å². The Kier molecular flexibility index (Phi) is 12.8. The maximum Gasteiger partial charge on any atom is 0.419 e. The highest BCUT2D eigenvalue weighted by molar-refractivity contribution is 7.81. The van der Waals surface area contributed by atoms with E-state index in [0.717, 1.165) is 22.7 Å². The summed E-state index contributed by atoms with van der Waals surface area (Å²) in [5, 5.41) is 17.6. The molecule has 0 aliphatic carbocycles. The van der Waals surface area contributed by atoms with Gasteiger partial charge in [0.15, 0.2) is 10.8 Å². The number of nitrogens with zero attached hydrogens (tertiary/aromatic N) is 6. The van der Waals surface area contributed by atoms with E-state index in [0.29, 0.717) is 55.3 Å². The van der Waals surface area contributed by atoms with Gasteiger partial charge in [0.25, 0.3) is 5.91 Å². The average Bonchev–Trinajstić information content (AvgIpc) is 3.35. The summed E-state index contributed by atoms with van der Waals surface area (Å²) in [5.41, 5.74) is -0.844. The lowest BCUT2D eigenvalue weighted by Crippen LogP contribution is -2.59. The van der Waals surface area contributed by atoms with Crippen molar-refractivity contribution in [2.45, 2.75) is 96.7 Å². The first-order chi connectivity index (χ1) is 28.3. The van der Waals surface area contributed by atoms with E-state index in [1.54, 1.807) is 49.1 Å². The van der Waals surface area contributed by atoms with Crippen molar-refractivity contribution in [3.8, 4) is 11.8 Å². The minimum Gasteiger partial charge on any atom is -0.489 e. The van der Waals surface area contributed by atoms with E-state index in [-0.39, 0.29) is 59.7 Å². The molecule has 4 heterocycles. The summed E-state index contributed by atoms with van der Waals surface area (Å²) in [6, 6.07) is 14.3. The number of piperazine rings is 1. The van der Waals surface area contributed by atoms with Gasteiger partial charge in [-0.15, -0.1) is 0 Å². The van der Waals surface area contributed by atoms with E-state index in [1.165, 1.54) is 6.07 Å². The van der Waals surface area contributed by atoms with Crippen LogP contribution in [0.5, 0.6) is 5.75 Å². The summed E-state index contributed by atoms with van der Waals surface area (Å²) >= 11 is 5.71. The molecule has 14 nitrogen and oxygen atoms in total. The van der Waals surface area contributed by atoms with Crippen molar-refractivity contribution < 1.29 is 37.1 Å². The van der Waals surface area contributed by atoms with Crippen molar-refractivity contribution >= 4 is 63.7 Å².